The third-order valence-corrected chi connectivity index (χ3v) is 3.89. The normalized spacial score (nSPS) is 21.5. The summed E-state index contributed by atoms with van der Waals surface area (Å²) in [4.78, 5) is 0. The van der Waals surface area contributed by atoms with Crippen molar-refractivity contribution in [3.8, 4) is 0 Å². The highest BCUT2D eigenvalue weighted by Crippen LogP contribution is 2.36. The zero-order chi connectivity index (χ0) is 13.1. The summed E-state index contributed by atoms with van der Waals surface area (Å²) < 4.78 is 2.01. The molecule has 1 aromatic heterocycles. The lowest BCUT2D eigenvalue weighted by molar-refractivity contribution is 0.611. The molecule has 2 unspecified atom stereocenters. The molecule has 0 radical (unpaired) electrons. The van der Waals surface area contributed by atoms with Crippen molar-refractivity contribution in [2.24, 2.45) is 11.8 Å². The number of nitrogens with zero attached hydrogens (tertiary/aromatic N) is 2. The number of rotatable bonds is 6. The Morgan fingerprint density at radius 2 is 2.05 bits per heavy atom. The van der Waals surface area contributed by atoms with E-state index in [0.717, 1.165) is 31.5 Å². The van der Waals surface area contributed by atoms with Crippen LogP contribution in [0.4, 0.5) is 0 Å². The second-order valence-corrected chi connectivity index (χ2v) is 5.64. The van der Waals surface area contributed by atoms with Gasteiger partial charge in [-0.25, -0.2) is 0 Å². The Bertz CT molecular complexity index is 518. The minimum Gasteiger partial charge on any atom is -0.312 e. The van der Waals surface area contributed by atoms with Crippen LogP contribution in [-0.4, -0.2) is 16.3 Å². The molecular formula is C16H21N3. The van der Waals surface area contributed by atoms with Crippen LogP contribution in [0.25, 0.3) is 0 Å². The fourth-order valence-corrected chi connectivity index (χ4v) is 2.44. The van der Waals surface area contributed by atoms with Gasteiger partial charge in [-0.15, -0.1) is 0 Å². The van der Waals surface area contributed by atoms with Gasteiger partial charge in [0, 0.05) is 18.3 Å². The van der Waals surface area contributed by atoms with Gasteiger partial charge in [0.2, 0.25) is 0 Å². The van der Waals surface area contributed by atoms with Crippen molar-refractivity contribution in [3.05, 3.63) is 53.9 Å². The van der Waals surface area contributed by atoms with E-state index in [1.165, 1.54) is 17.5 Å². The number of hydrogen-bond donors (Lipinski definition) is 1. The lowest BCUT2D eigenvalue weighted by atomic mass is 10.2. The number of aromatic nitrogens is 2. The molecule has 100 valence electrons. The fraction of sp³-hybridized carbons (Fsp3) is 0.438. The summed E-state index contributed by atoms with van der Waals surface area (Å²) in [5, 5.41) is 7.93. The molecule has 0 bridgehead atoms. The van der Waals surface area contributed by atoms with E-state index in [0.29, 0.717) is 0 Å². The summed E-state index contributed by atoms with van der Waals surface area (Å²) in [5.74, 6) is 1.83. The first kappa shape index (κ1) is 12.4. The quantitative estimate of drug-likeness (QED) is 0.860. The zero-order valence-electron chi connectivity index (χ0n) is 11.4. The third kappa shape index (κ3) is 3.44. The van der Waals surface area contributed by atoms with Gasteiger partial charge < -0.3 is 5.32 Å². The molecule has 0 aliphatic heterocycles. The van der Waals surface area contributed by atoms with E-state index in [9.17, 15) is 0 Å². The molecule has 3 rings (SSSR count). The second kappa shape index (κ2) is 5.57. The lowest BCUT2D eigenvalue weighted by Crippen LogP contribution is -2.16. The van der Waals surface area contributed by atoms with Crippen molar-refractivity contribution in [1.29, 1.82) is 0 Å². The van der Waals surface area contributed by atoms with Gasteiger partial charge in [-0.2, -0.15) is 5.10 Å². The highest BCUT2D eigenvalue weighted by molar-refractivity contribution is 5.15. The van der Waals surface area contributed by atoms with Crippen LogP contribution in [0.3, 0.4) is 0 Å². The topological polar surface area (TPSA) is 29.9 Å². The van der Waals surface area contributed by atoms with Gasteiger partial charge in [-0.3, -0.25) is 4.68 Å². The number of hydrogen-bond acceptors (Lipinski definition) is 2. The van der Waals surface area contributed by atoms with Crippen LogP contribution in [0.1, 0.15) is 24.5 Å². The van der Waals surface area contributed by atoms with Gasteiger partial charge in [0.15, 0.2) is 0 Å². The van der Waals surface area contributed by atoms with Crippen LogP contribution < -0.4 is 5.32 Å². The van der Waals surface area contributed by atoms with Gasteiger partial charge in [0.25, 0.3) is 0 Å². The smallest absolute Gasteiger partial charge is 0.0659 e. The van der Waals surface area contributed by atoms with Crippen molar-refractivity contribution < 1.29 is 0 Å². The summed E-state index contributed by atoms with van der Waals surface area (Å²) in [5.41, 5.74) is 2.56. The molecule has 19 heavy (non-hydrogen) atoms. The van der Waals surface area contributed by atoms with Gasteiger partial charge in [-0.05, 0) is 30.4 Å². The van der Waals surface area contributed by atoms with E-state index in [1.807, 2.05) is 16.9 Å². The van der Waals surface area contributed by atoms with Crippen LogP contribution in [-0.2, 0) is 13.1 Å². The third-order valence-electron chi connectivity index (χ3n) is 3.89. The van der Waals surface area contributed by atoms with Crippen molar-refractivity contribution in [2.75, 3.05) is 6.54 Å². The SMILES string of the molecule is CC1CC1CNCc1cnn(Cc2ccccc2)c1. The Kier molecular flexibility index (Phi) is 3.65. The summed E-state index contributed by atoms with van der Waals surface area (Å²) in [7, 11) is 0. The van der Waals surface area contributed by atoms with E-state index >= 15 is 0 Å². The Hall–Kier alpha value is -1.61. The van der Waals surface area contributed by atoms with Crippen LogP contribution >= 0.6 is 0 Å². The second-order valence-electron chi connectivity index (χ2n) is 5.64. The van der Waals surface area contributed by atoms with Gasteiger partial charge in [0.05, 0.1) is 12.7 Å². The minimum atomic E-state index is 0.848. The predicted octanol–water partition coefficient (Wildman–Crippen LogP) is 2.68. The van der Waals surface area contributed by atoms with Crippen LogP contribution in [0.2, 0.25) is 0 Å². The Morgan fingerprint density at radius 3 is 2.79 bits per heavy atom. The molecule has 1 saturated carbocycles. The Morgan fingerprint density at radius 1 is 1.26 bits per heavy atom. The van der Waals surface area contributed by atoms with E-state index < -0.39 is 0 Å². The number of nitrogens with one attached hydrogen (secondary N) is 1. The fourth-order valence-electron chi connectivity index (χ4n) is 2.44. The molecule has 0 spiro atoms. The van der Waals surface area contributed by atoms with E-state index in [4.69, 9.17) is 0 Å². The van der Waals surface area contributed by atoms with E-state index in [1.54, 1.807) is 0 Å². The monoisotopic (exact) mass is 255 g/mol. The van der Waals surface area contributed by atoms with Crippen molar-refractivity contribution in [2.45, 2.75) is 26.4 Å². The molecule has 0 saturated heterocycles. The average Bonchev–Trinajstić information content (AvgIpc) is 2.94. The molecule has 3 heteroatoms. The largest absolute Gasteiger partial charge is 0.312 e. The van der Waals surface area contributed by atoms with E-state index in [2.05, 4.69) is 47.8 Å². The van der Waals surface area contributed by atoms with Gasteiger partial charge in [-0.1, -0.05) is 37.3 Å². The van der Waals surface area contributed by atoms with Crippen molar-refractivity contribution in [1.82, 2.24) is 15.1 Å². The molecule has 1 aliphatic rings. The van der Waals surface area contributed by atoms with E-state index in [-0.39, 0.29) is 0 Å². The Labute approximate surface area is 114 Å². The summed E-state index contributed by atoms with van der Waals surface area (Å²) in [6, 6.07) is 10.4. The first-order chi connectivity index (χ1) is 9.31. The van der Waals surface area contributed by atoms with Crippen molar-refractivity contribution in [3.63, 3.8) is 0 Å². The van der Waals surface area contributed by atoms with Crippen LogP contribution in [0.15, 0.2) is 42.7 Å². The summed E-state index contributed by atoms with van der Waals surface area (Å²) in [6.07, 6.45) is 5.49. The molecule has 3 nitrogen and oxygen atoms in total. The first-order valence-electron chi connectivity index (χ1n) is 7.07. The number of benzene rings is 1. The predicted molar refractivity (Wildman–Crippen MR) is 76.7 cm³/mol. The molecule has 2 atom stereocenters. The summed E-state index contributed by atoms with van der Waals surface area (Å²) >= 11 is 0. The minimum absolute atomic E-state index is 0.848. The Balaban J connectivity index is 1.48. The molecule has 1 aliphatic carbocycles. The van der Waals surface area contributed by atoms with Crippen LogP contribution in [0.5, 0.6) is 0 Å². The standard InChI is InChI=1S/C16H21N3/c1-13-7-16(13)10-17-8-15-9-18-19(12-15)11-14-5-3-2-4-6-14/h2-6,9,12-13,16-17H,7-8,10-11H2,1H3. The molecule has 2 aromatic rings. The van der Waals surface area contributed by atoms with Crippen molar-refractivity contribution >= 4 is 0 Å². The highest BCUT2D eigenvalue weighted by atomic mass is 15.3. The summed E-state index contributed by atoms with van der Waals surface area (Å²) in [6.45, 7) is 5.24. The molecule has 1 N–H and O–H groups in total. The molecular weight excluding hydrogens is 234 g/mol. The first-order valence-corrected chi connectivity index (χ1v) is 7.07. The highest BCUT2D eigenvalue weighted by Gasteiger charge is 2.31. The molecule has 1 aromatic carbocycles. The molecule has 1 heterocycles. The maximum Gasteiger partial charge on any atom is 0.0659 e. The molecule has 0 amide bonds. The van der Waals surface area contributed by atoms with Gasteiger partial charge >= 0.3 is 0 Å². The average molecular weight is 255 g/mol. The van der Waals surface area contributed by atoms with Gasteiger partial charge in [0.1, 0.15) is 0 Å². The zero-order valence-corrected chi connectivity index (χ0v) is 11.4. The maximum absolute atomic E-state index is 4.42. The molecule has 1 fully saturated rings. The van der Waals surface area contributed by atoms with Crippen LogP contribution in [0, 0.1) is 11.8 Å². The lowest BCUT2D eigenvalue weighted by Gasteiger charge is -2.02. The maximum atomic E-state index is 4.42.